The first kappa shape index (κ1) is 20.1. The van der Waals surface area contributed by atoms with Crippen LogP contribution in [0.2, 0.25) is 0 Å². The smallest absolute Gasteiger partial charge is 0.267 e. The molecule has 2 unspecified atom stereocenters. The van der Waals surface area contributed by atoms with Crippen LogP contribution in [0.15, 0.2) is 35.1 Å². The SMILES string of the molecule is CC1Oc2ccccc2OC1C(=O)N1CCC(Cn2nc3c(cc2=O)CCCC3)CC1. The molecule has 1 aromatic carbocycles. The summed E-state index contributed by atoms with van der Waals surface area (Å²) < 4.78 is 13.5. The molecule has 164 valence electrons. The number of fused-ring (bicyclic) bond motifs is 2. The van der Waals surface area contributed by atoms with Crippen molar-refractivity contribution in [1.82, 2.24) is 14.7 Å². The molecule has 3 heterocycles. The zero-order chi connectivity index (χ0) is 21.4. The second-order valence-corrected chi connectivity index (χ2v) is 8.92. The van der Waals surface area contributed by atoms with Gasteiger partial charge in [0.05, 0.1) is 5.69 Å². The van der Waals surface area contributed by atoms with Crippen LogP contribution < -0.4 is 15.0 Å². The first-order chi connectivity index (χ1) is 15.1. The molecule has 0 N–H and O–H groups in total. The molecule has 2 atom stereocenters. The monoisotopic (exact) mass is 423 g/mol. The topological polar surface area (TPSA) is 73.7 Å². The molecule has 1 amide bonds. The number of piperidine rings is 1. The van der Waals surface area contributed by atoms with Crippen LogP contribution >= 0.6 is 0 Å². The first-order valence-electron chi connectivity index (χ1n) is 11.4. The number of nitrogens with zero attached hydrogens (tertiary/aromatic N) is 3. The normalized spacial score (nSPS) is 23.3. The highest BCUT2D eigenvalue weighted by atomic mass is 16.6. The lowest BCUT2D eigenvalue weighted by Crippen LogP contribution is -2.52. The Kier molecular flexibility index (Phi) is 5.42. The van der Waals surface area contributed by atoms with Crippen molar-refractivity contribution in [3.05, 3.63) is 51.9 Å². The van der Waals surface area contributed by atoms with Crippen LogP contribution in [0.5, 0.6) is 11.5 Å². The molecule has 0 saturated carbocycles. The van der Waals surface area contributed by atoms with Crippen molar-refractivity contribution in [1.29, 1.82) is 0 Å². The molecule has 0 bridgehead atoms. The van der Waals surface area contributed by atoms with Crippen LogP contribution in [0.3, 0.4) is 0 Å². The highest BCUT2D eigenvalue weighted by Gasteiger charge is 2.38. The van der Waals surface area contributed by atoms with Gasteiger partial charge in [0.2, 0.25) is 6.10 Å². The van der Waals surface area contributed by atoms with Gasteiger partial charge in [0, 0.05) is 25.7 Å². The molecule has 1 aromatic heterocycles. The fourth-order valence-corrected chi connectivity index (χ4v) is 4.88. The van der Waals surface area contributed by atoms with E-state index in [2.05, 4.69) is 5.10 Å². The Balaban J connectivity index is 1.20. The lowest BCUT2D eigenvalue weighted by Gasteiger charge is -2.37. The number of aryl methyl sites for hydroxylation is 2. The summed E-state index contributed by atoms with van der Waals surface area (Å²) in [6.45, 7) is 3.83. The highest BCUT2D eigenvalue weighted by Crippen LogP contribution is 2.34. The average molecular weight is 424 g/mol. The van der Waals surface area contributed by atoms with Crippen LogP contribution in [0.1, 0.15) is 43.9 Å². The minimum absolute atomic E-state index is 0.000555. The van der Waals surface area contributed by atoms with E-state index in [-0.39, 0.29) is 17.6 Å². The van der Waals surface area contributed by atoms with Gasteiger partial charge in [0.15, 0.2) is 11.5 Å². The van der Waals surface area contributed by atoms with Crippen LogP contribution in [-0.4, -0.2) is 45.9 Å². The van der Waals surface area contributed by atoms with Crippen molar-refractivity contribution in [2.45, 2.75) is 64.2 Å². The Labute approximate surface area is 182 Å². The zero-order valence-corrected chi connectivity index (χ0v) is 18.0. The van der Waals surface area contributed by atoms with Gasteiger partial charge >= 0.3 is 0 Å². The maximum atomic E-state index is 13.1. The Bertz CT molecular complexity index is 1030. The van der Waals surface area contributed by atoms with Crippen molar-refractivity contribution >= 4 is 5.91 Å². The maximum Gasteiger partial charge on any atom is 0.267 e. The minimum atomic E-state index is -0.628. The Morgan fingerprint density at radius 3 is 2.58 bits per heavy atom. The molecule has 3 aliphatic rings. The van der Waals surface area contributed by atoms with Gasteiger partial charge in [-0.3, -0.25) is 9.59 Å². The molecule has 7 nitrogen and oxygen atoms in total. The van der Waals surface area contributed by atoms with E-state index in [1.807, 2.05) is 36.1 Å². The van der Waals surface area contributed by atoms with Crippen LogP contribution in [-0.2, 0) is 24.2 Å². The highest BCUT2D eigenvalue weighted by molar-refractivity contribution is 5.82. The Morgan fingerprint density at radius 1 is 1.10 bits per heavy atom. The number of amides is 1. The molecule has 0 radical (unpaired) electrons. The van der Waals surface area contributed by atoms with Gasteiger partial charge in [-0.1, -0.05) is 12.1 Å². The third kappa shape index (κ3) is 4.05. The number of ether oxygens (including phenoxy) is 2. The standard InChI is InChI=1S/C24H29N3O4/c1-16-23(31-21-9-5-4-8-20(21)30-16)24(29)26-12-10-17(11-13-26)15-27-22(28)14-18-6-2-3-7-19(18)25-27/h4-5,8-9,14,16-17,23H,2-3,6-7,10-13,15H2,1H3. The van der Waals surface area contributed by atoms with Crippen LogP contribution in [0, 0.1) is 5.92 Å². The zero-order valence-electron chi connectivity index (χ0n) is 18.0. The Hall–Kier alpha value is -2.83. The molecule has 31 heavy (non-hydrogen) atoms. The summed E-state index contributed by atoms with van der Waals surface area (Å²) in [6.07, 6.45) is 4.97. The van der Waals surface area contributed by atoms with Crippen molar-refractivity contribution in [3.8, 4) is 11.5 Å². The summed E-state index contributed by atoms with van der Waals surface area (Å²) in [4.78, 5) is 27.5. The summed E-state index contributed by atoms with van der Waals surface area (Å²) in [5.41, 5.74) is 2.21. The van der Waals surface area contributed by atoms with Crippen molar-refractivity contribution in [2.75, 3.05) is 13.1 Å². The average Bonchev–Trinajstić information content (AvgIpc) is 2.79. The van der Waals surface area contributed by atoms with Gasteiger partial charge in [-0.25, -0.2) is 4.68 Å². The van der Waals surface area contributed by atoms with Gasteiger partial charge in [0.1, 0.15) is 6.10 Å². The number of para-hydroxylation sites is 2. The van der Waals surface area contributed by atoms with Gasteiger partial charge in [-0.2, -0.15) is 5.10 Å². The summed E-state index contributed by atoms with van der Waals surface area (Å²) in [5.74, 6) is 1.62. The summed E-state index contributed by atoms with van der Waals surface area (Å²) in [7, 11) is 0. The minimum Gasteiger partial charge on any atom is -0.482 e. The lowest BCUT2D eigenvalue weighted by molar-refractivity contribution is -0.145. The van der Waals surface area contributed by atoms with Gasteiger partial charge < -0.3 is 14.4 Å². The number of carbonyl (C=O) groups is 1. The van der Waals surface area contributed by atoms with E-state index in [9.17, 15) is 9.59 Å². The van der Waals surface area contributed by atoms with E-state index >= 15 is 0 Å². The van der Waals surface area contributed by atoms with Gasteiger partial charge in [-0.15, -0.1) is 0 Å². The van der Waals surface area contributed by atoms with Crippen molar-refractivity contribution < 1.29 is 14.3 Å². The number of aromatic nitrogens is 2. The number of hydrogen-bond donors (Lipinski definition) is 0. The lowest BCUT2D eigenvalue weighted by atomic mass is 9.95. The van der Waals surface area contributed by atoms with Gasteiger partial charge in [-0.05, 0) is 69.1 Å². The summed E-state index contributed by atoms with van der Waals surface area (Å²) >= 11 is 0. The van der Waals surface area contributed by atoms with Gasteiger partial charge in [0.25, 0.3) is 11.5 Å². The third-order valence-corrected chi connectivity index (χ3v) is 6.72. The molecule has 2 aromatic rings. The second-order valence-electron chi connectivity index (χ2n) is 8.92. The summed E-state index contributed by atoms with van der Waals surface area (Å²) in [6, 6.07) is 9.23. The number of benzene rings is 1. The molecule has 1 fully saturated rings. The van der Waals surface area contributed by atoms with Crippen LogP contribution in [0.4, 0.5) is 0 Å². The molecular formula is C24H29N3O4. The van der Waals surface area contributed by atoms with E-state index in [0.717, 1.165) is 49.8 Å². The summed E-state index contributed by atoms with van der Waals surface area (Å²) in [5, 5.41) is 4.65. The van der Waals surface area contributed by atoms with Crippen molar-refractivity contribution in [3.63, 3.8) is 0 Å². The van der Waals surface area contributed by atoms with E-state index < -0.39 is 6.10 Å². The number of likely N-dealkylation sites (tertiary alicyclic amines) is 1. The molecule has 5 rings (SSSR count). The number of hydrogen-bond acceptors (Lipinski definition) is 5. The number of carbonyl (C=O) groups excluding carboxylic acids is 1. The molecular weight excluding hydrogens is 394 g/mol. The maximum absolute atomic E-state index is 13.1. The first-order valence-corrected chi connectivity index (χ1v) is 11.4. The fraction of sp³-hybridized carbons (Fsp3) is 0.542. The van der Waals surface area contributed by atoms with E-state index in [4.69, 9.17) is 9.47 Å². The van der Waals surface area contributed by atoms with E-state index in [1.165, 1.54) is 0 Å². The Morgan fingerprint density at radius 2 is 1.81 bits per heavy atom. The largest absolute Gasteiger partial charge is 0.482 e. The fourth-order valence-electron chi connectivity index (χ4n) is 4.88. The van der Waals surface area contributed by atoms with Crippen LogP contribution in [0.25, 0.3) is 0 Å². The van der Waals surface area contributed by atoms with E-state index in [0.29, 0.717) is 37.1 Å². The van der Waals surface area contributed by atoms with Crippen molar-refractivity contribution in [2.24, 2.45) is 5.92 Å². The predicted molar refractivity (Wildman–Crippen MR) is 115 cm³/mol. The van der Waals surface area contributed by atoms with E-state index in [1.54, 1.807) is 10.7 Å². The molecule has 0 spiro atoms. The molecule has 2 aliphatic heterocycles. The second kappa shape index (κ2) is 8.36. The molecule has 1 saturated heterocycles. The molecule has 7 heteroatoms. The quantitative estimate of drug-likeness (QED) is 0.759. The predicted octanol–water partition coefficient (Wildman–Crippen LogP) is 2.59. The number of rotatable bonds is 3. The third-order valence-electron chi connectivity index (χ3n) is 6.72. The molecule has 1 aliphatic carbocycles.